The molecule has 0 spiro atoms. The van der Waals surface area contributed by atoms with Crippen LogP contribution in [0.4, 0.5) is 0 Å². The van der Waals surface area contributed by atoms with E-state index < -0.39 is 0 Å². The Morgan fingerprint density at radius 3 is 2.54 bits per heavy atom. The Morgan fingerprint density at radius 2 is 2.00 bits per heavy atom. The van der Waals surface area contributed by atoms with Gasteiger partial charge in [0.1, 0.15) is 11.5 Å². The molecule has 72 valence electrons. The summed E-state index contributed by atoms with van der Waals surface area (Å²) < 4.78 is 10.3. The normalized spacial score (nSPS) is 9.77. The number of methoxy groups -OCH3 is 2. The summed E-state index contributed by atoms with van der Waals surface area (Å²) in [5, 5.41) is 3.07. The quantitative estimate of drug-likeness (QED) is 0.762. The van der Waals surface area contributed by atoms with E-state index in [9.17, 15) is 0 Å². The zero-order valence-electron chi connectivity index (χ0n) is 8.26. The first-order valence-corrected chi connectivity index (χ1v) is 4.17. The highest BCUT2D eigenvalue weighted by Crippen LogP contribution is 2.23. The van der Waals surface area contributed by atoms with Gasteiger partial charge in [-0.25, -0.2) is 0 Å². The summed E-state index contributed by atoms with van der Waals surface area (Å²) in [5.41, 5.74) is 1.10. The fraction of sp³-hybridized carbons (Fsp3) is 0.400. The maximum absolute atomic E-state index is 5.20. The summed E-state index contributed by atoms with van der Waals surface area (Å²) in [6, 6.07) is 5.76. The second-order valence-electron chi connectivity index (χ2n) is 2.71. The molecular formula is C10H15NO2. The molecule has 1 aromatic rings. The first-order chi connectivity index (χ1) is 6.31. The molecule has 13 heavy (non-hydrogen) atoms. The number of hydrogen-bond donors (Lipinski definition) is 1. The third kappa shape index (κ3) is 2.36. The summed E-state index contributed by atoms with van der Waals surface area (Å²) in [7, 11) is 5.23. The van der Waals surface area contributed by atoms with Gasteiger partial charge in [-0.3, -0.25) is 0 Å². The van der Waals surface area contributed by atoms with Crippen LogP contribution >= 0.6 is 0 Å². The molecule has 0 heterocycles. The minimum Gasteiger partial charge on any atom is -0.497 e. The zero-order chi connectivity index (χ0) is 9.68. The molecule has 0 aliphatic heterocycles. The van der Waals surface area contributed by atoms with Crippen molar-refractivity contribution in [2.45, 2.75) is 6.54 Å². The first-order valence-electron chi connectivity index (χ1n) is 4.17. The van der Waals surface area contributed by atoms with E-state index in [4.69, 9.17) is 9.47 Å². The molecule has 1 aromatic carbocycles. The minimum atomic E-state index is 0.778. The number of nitrogens with one attached hydrogen (secondary N) is 1. The molecule has 0 atom stereocenters. The van der Waals surface area contributed by atoms with Crippen molar-refractivity contribution in [3.05, 3.63) is 23.8 Å². The SMILES string of the molecule is CNCc1cc(OC)ccc1OC. The maximum Gasteiger partial charge on any atom is 0.123 e. The van der Waals surface area contributed by atoms with Crippen molar-refractivity contribution < 1.29 is 9.47 Å². The fourth-order valence-electron chi connectivity index (χ4n) is 1.21. The molecule has 0 radical (unpaired) electrons. The zero-order valence-corrected chi connectivity index (χ0v) is 8.26. The predicted octanol–water partition coefficient (Wildman–Crippen LogP) is 1.42. The summed E-state index contributed by atoms with van der Waals surface area (Å²) in [6.45, 7) is 0.778. The lowest BCUT2D eigenvalue weighted by molar-refractivity contribution is 0.398. The van der Waals surface area contributed by atoms with Crippen LogP contribution in [-0.2, 0) is 6.54 Å². The predicted molar refractivity (Wildman–Crippen MR) is 52.3 cm³/mol. The van der Waals surface area contributed by atoms with Crippen molar-refractivity contribution in [1.82, 2.24) is 5.32 Å². The Morgan fingerprint density at radius 1 is 1.23 bits per heavy atom. The van der Waals surface area contributed by atoms with Gasteiger partial charge in [-0.05, 0) is 25.2 Å². The molecule has 0 unspecified atom stereocenters. The van der Waals surface area contributed by atoms with Crippen LogP contribution in [0.2, 0.25) is 0 Å². The highest BCUT2D eigenvalue weighted by Gasteiger charge is 2.02. The van der Waals surface area contributed by atoms with Gasteiger partial charge < -0.3 is 14.8 Å². The molecule has 0 bridgehead atoms. The number of benzene rings is 1. The third-order valence-corrected chi connectivity index (χ3v) is 1.85. The smallest absolute Gasteiger partial charge is 0.123 e. The second-order valence-corrected chi connectivity index (χ2v) is 2.71. The molecule has 0 aliphatic carbocycles. The number of rotatable bonds is 4. The van der Waals surface area contributed by atoms with E-state index in [1.165, 1.54) is 0 Å². The van der Waals surface area contributed by atoms with Crippen LogP contribution in [0.5, 0.6) is 11.5 Å². The topological polar surface area (TPSA) is 30.5 Å². The van der Waals surface area contributed by atoms with E-state index >= 15 is 0 Å². The molecule has 1 N–H and O–H groups in total. The molecule has 0 saturated carbocycles. The van der Waals surface area contributed by atoms with E-state index in [0.29, 0.717) is 0 Å². The maximum atomic E-state index is 5.20. The van der Waals surface area contributed by atoms with Gasteiger partial charge in [0.05, 0.1) is 14.2 Å². The Balaban J connectivity index is 2.95. The number of ether oxygens (including phenoxy) is 2. The van der Waals surface area contributed by atoms with Gasteiger partial charge in [-0.15, -0.1) is 0 Å². The summed E-state index contributed by atoms with van der Waals surface area (Å²) in [5.74, 6) is 1.74. The average Bonchev–Trinajstić information content (AvgIpc) is 2.18. The van der Waals surface area contributed by atoms with Crippen LogP contribution in [-0.4, -0.2) is 21.3 Å². The van der Waals surface area contributed by atoms with Crippen molar-refractivity contribution in [2.24, 2.45) is 0 Å². The van der Waals surface area contributed by atoms with Crippen LogP contribution in [0, 0.1) is 0 Å². The lowest BCUT2D eigenvalue weighted by atomic mass is 10.2. The molecule has 0 aromatic heterocycles. The summed E-state index contributed by atoms with van der Waals surface area (Å²) in [6.07, 6.45) is 0. The number of hydrogen-bond acceptors (Lipinski definition) is 3. The van der Waals surface area contributed by atoms with Crippen molar-refractivity contribution in [2.75, 3.05) is 21.3 Å². The fourth-order valence-corrected chi connectivity index (χ4v) is 1.21. The molecular weight excluding hydrogens is 166 g/mol. The highest BCUT2D eigenvalue weighted by molar-refractivity contribution is 5.40. The van der Waals surface area contributed by atoms with Gasteiger partial charge in [0.25, 0.3) is 0 Å². The average molecular weight is 181 g/mol. The van der Waals surface area contributed by atoms with Crippen LogP contribution < -0.4 is 14.8 Å². The highest BCUT2D eigenvalue weighted by atomic mass is 16.5. The van der Waals surface area contributed by atoms with Gasteiger partial charge >= 0.3 is 0 Å². The third-order valence-electron chi connectivity index (χ3n) is 1.85. The molecule has 1 rings (SSSR count). The van der Waals surface area contributed by atoms with Crippen molar-refractivity contribution in [1.29, 1.82) is 0 Å². The van der Waals surface area contributed by atoms with E-state index in [2.05, 4.69) is 5.32 Å². The van der Waals surface area contributed by atoms with Gasteiger partial charge in [-0.2, -0.15) is 0 Å². The molecule has 0 saturated heterocycles. The Bertz CT molecular complexity index is 274. The Kier molecular flexibility index (Phi) is 3.58. The van der Waals surface area contributed by atoms with E-state index in [1.54, 1.807) is 14.2 Å². The van der Waals surface area contributed by atoms with Gasteiger partial charge in [0, 0.05) is 12.1 Å². The van der Waals surface area contributed by atoms with Gasteiger partial charge in [0.2, 0.25) is 0 Å². The summed E-state index contributed by atoms with van der Waals surface area (Å²) >= 11 is 0. The van der Waals surface area contributed by atoms with E-state index in [0.717, 1.165) is 23.6 Å². The van der Waals surface area contributed by atoms with Crippen LogP contribution in [0.3, 0.4) is 0 Å². The largest absolute Gasteiger partial charge is 0.497 e. The van der Waals surface area contributed by atoms with Crippen molar-refractivity contribution in [3.8, 4) is 11.5 Å². The van der Waals surface area contributed by atoms with E-state index in [1.807, 2.05) is 25.2 Å². The van der Waals surface area contributed by atoms with Gasteiger partial charge in [0.15, 0.2) is 0 Å². The molecule has 0 fully saturated rings. The molecule has 0 aliphatic rings. The Hall–Kier alpha value is -1.22. The van der Waals surface area contributed by atoms with Gasteiger partial charge in [-0.1, -0.05) is 0 Å². The second kappa shape index (κ2) is 4.72. The lowest BCUT2D eigenvalue weighted by Crippen LogP contribution is -2.06. The lowest BCUT2D eigenvalue weighted by Gasteiger charge is -2.09. The summed E-state index contributed by atoms with van der Waals surface area (Å²) in [4.78, 5) is 0. The molecule has 3 heteroatoms. The first kappa shape index (κ1) is 9.86. The van der Waals surface area contributed by atoms with E-state index in [-0.39, 0.29) is 0 Å². The standard InChI is InChI=1S/C10H15NO2/c1-11-7-8-6-9(12-2)4-5-10(8)13-3/h4-6,11H,7H2,1-3H3. The van der Waals surface area contributed by atoms with Crippen molar-refractivity contribution in [3.63, 3.8) is 0 Å². The molecule has 0 amide bonds. The van der Waals surface area contributed by atoms with Crippen LogP contribution in [0.15, 0.2) is 18.2 Å². The van der Waals surface area contributed by atoms with Crippen LogP contribution in [0.25, 0.3) is 0 Å². The Labute approximate surface area is 78.7 Å². The van der Waals surface area contributed by atoms with Crippen molar-refractivity contribution >= 4 is 0 Å². The molecule has 3 nitrogen and oxygen atoms in total. The monoisotopic (exact) mass is 181 g/mol. The van der Waals surface area contributed by atoms with Crippen LogP contribution in [0.1, 0.15) is 5.56 Å². The minimum absolute atomic E-state index is 0.778.